The highest BCUT2D eigenvalue weighted by Gasteiger charge is 2.23. The topological polar surface area (TPSA) is 56.7 Å². The van der Waals surface area contributed by atoms with Gasteiger partial charge in [0.05, 0.1) is 16.7 Å². The van der Waals surface area contributed by atoms with Crippen molar-refractivity contribution >= 4 is 75.3 Å². The molecule has 266 valence electrons. The molecule has 12 aromatic rings. The van der Waals surface area contributed by atoms with Gasteiger partial charge in [-0.05, 0) is 53.6 Å². The van der Waals surface area contributed by atoms with Gasteiger partial charge in [0, 0.05) is 58.4 Å². The lowest BCUT2D eigenvalue weighted by Crippen LogP contribution is -2.03. The summed E-state index contributed by atoms with van der Waals surface area (Å²) in [5, 5.41) is 6.96. The third-order valence-electron chi connectivity index (χ3n) is 11.1. The zero-order chi connectivity index (χ0) is 37.5. The van der Waals surface area contributed by atoms with Crippen LogP contribution in [0.4, 0.5) is 0 Å². The summed E-state index contributed by atoms with van der Waals surface area (Å²) in [6.45, 7) is 0. The highest BCUT2D eigenvalue weighted by atomic mass is 32.1. The van der Waals surface area contributed by atoms with E-state index in [0.717, 1.165) is 66.1 Å². The standard InChI is InChI=1S/C51H30N4OS/c1-3-14-31(15-4-1)34-21-13-25-44-46(34)40-27-26-33(30-45(40)57-44)50-52-49(32-16-5-2-6-17-32)53-51(54-50)39-20-8-11-23-42(39)55-41-22-10-7-18-35(41)37-28-29-38-36-19-9-12-24-43(36)56-48(38)47(37)55/h1-30H. The molecule has 8 aromatic carbocycles. The maximum atomic E-state index is 6.69. The quantitative estimate of drug-likeness (QED) is 0.176. The highest BCUT2D eigenvalue weighted by Crippen LogP contribution is 2.43. The number of aromatic nitrogens is 4. The average Bonchev–Trinajstić information content (AvgIpc) is 3.96. The van der Waals surface area contributed by atoms with E-state index in [9.17, 15) is 0 Å². The number of nitrogens with zero attached hydrogens (tertiary/aromatic N) is 4. The molecule has 12 rings (SSSR count). The van der Waals surface area contributed by atoms with E-state index in [0.29, 0.717) is 17.5 Å². The number of hydrogen-bond donors (Lipinski definition) is 0. The molecule has 0 N–H and O–H groups in total. The monoisotopic (exact) mass is 746 g/mol. The van der Waals surface area contributed by atoms with E-state index in [1.54, 1.807) is 11.3 Å². The van der Waals surface area contributed by atoms with Gasteiger partial charge in [-0.25, -0.2) is 15.0 Å². The first-order valence-corrected chi connectivity index (χ1v) is 19.8. The lowest BCUT2D eigenvalue weighted by Gasteiger charge is -2.14. The fourth-order valence-corrected chi connectivity index (χ4v) is 9.68. The summed E-state index contributed by atoms with van der Waals surface area (Å²) >= 11 is 1.80. The molecule has 0 saturated carbocycles. The molecule has 4 heterocycles. The molecule has 0 radical (unpaired) electrons. The van der Waals surface area contributed by atoms with E-state index in [1.807, 2.05) is 30.3 Å². The van der Waals surface area contributed by atoms with Gasteiger partial charge in [-0.15, -0.1) is 11.3 Å². The Balaban J connectivity index is 1.09. The van der Waals surface area contributed by atoms with Gasteiger partial charge in [0.1, 0.15) is 5.58 Å². The number of hydrogen-bond acceptors (Lipinski definition) is 5. The fourth-order valence-electron chi connectivity index (χ4n) is 8.50. The summed E-state index contributed by atoms with van der Waals surface area (Å²) in [5.74, 6) is 1.84. The average molecular weight is 747 g/mol. The molecule has 57 heavy (non-hydrogen) atoms. The molecule has 0 unspecified atom stereocenters. The largest absolute Gasteiger partial charge is 0.454 e. The minimum absolute atomic E-state index is 0.597. The zero-order valence-electron chi connectivity index (χ0n) is 30.4. The summed E-state index contributed by atoms with van der Waals surface area (Å²) in [6, 6.07) is 63.6. The Kier molecular flexibility index (Phi) is 7.03. The maximum absolute atomic E-state index is 6.69. The predicted molar refractivity (Wildman–Crippen MR) is 236 cm³/mol. The summed E-state index contributed by atoms with van der Waals surface area (Å²) < 4.78 is 11.5. The van der Waals surface area contributed by atoms with Crippen LogP contribution in [0.3, 0.4) is 0 Å². The van der Waals surface area contributed by atoms with Gasteiger partial charge in [-0.2, -0.15) is 0 Å². The first-order chi connectivity index (χ1) is 28.3. The van der Waals surface area contributed by atoms with Crippen LogP contribution in [0.2, 0.25) is 0 Å². The third kappa shape index (κ3) is 4.98. The molecule has 0 aliphatic carbocycles. The molecular weight excluding hydrogens is 717 g/mol. The minimum atomic E-state index is 0.597. The molecule has 4 aromatic heterocycles. The lowest BCUT2D eigenvalue weighted by atomic mass is 9.99. The van der Waals surface area contributed by atoms with Crippen LogP contribution in [0, 0.1) is 0 Å². The number of furan rings is 1. The van der Waals surface area contributed by atoms with Gasteiger partial charge in [-0.3, -0.25) is 0 Å². The lowest BCUT2D eigenvalue weighted by molar-refractivity contribution is 0.671. The molecule has 0 bridgehead atoms. The maximum Gasteiger partial charge on any atom is 0.166 e. The van der Waals surface area contributed by atoms with Crippen LogP contribution in [0.1, 0.15) is 0 Å². The molecule has 0 aliphatic heterocycles. The van der Waals surface area contributed by atoms with Crippen LogP contribution in [-0.4, -0.2) is 19.5 Å². The van der Waals surface area contributed by atoms with Gasteiger partial charge >= 0.3 is 0 Å². The van der Waals surface area contributed by atoms with Crippen molar-refractivity contribution in [3.05, 3.63) is 182 Å². The van der Waals surface area contributed by atoms with Gasteiger partial charge in [0.2, 0.25) is 0 Å². The number of fused-ring (bicyclic) bond motifs is 10. The van der Waals surface area contributed by atoms with Gasteiger partial charge in [-0.1, -0.05) is 140 Å². The molecule has 0 spiro atoms. The van der Waals surface area contributed by atoms with E-state index in [2.05, 4.69) is 156 Å². The normalized spacial score (nSPS) is 11.9. The van der Waals surface area contributed by atoms with Crippen molar-refractivity contribution in [2.45, 2.75) is 0 Å². The van der Waals surface area contributed by atoms with Crippen molar-refractivity contribution in [3.8, 4) is 51.0 Å². The van der Waals surface area contributed by atoms with Crippen LogP contribution in [-0.2, 0) is 0 Å². The van der Waals surface area contributed by atoms with Crippen LogP contribution < -0.4 is 0 Å². The molecule has 0 saturated heterocycles. The molecule has 5 nitrogen and oxygen atoms in total. The van der Waals surface area contributed by atoms with E-state index < -0.39 is 0 Å². The van der Waals surface area contributed by atoms with Crippen LogP contribution in [0.25, 0.3) is 115 Å². The second-order valence-corrected chi connectivity index (χ2v) is 15.4. The van der Waals surface area contributed by atoms with Crippen molar-refractivity contribution in [2.75, 3.05) is 0 Å². The van der Waals surface area contributed by atoms with E-state index >= 15 is 0 Å². The Bertz CT molecular complexity index is 3530. The SMILES string of the molecule is c1ccc(-c2nc(-c3ccc4c(c3)sc3cccc(-c5ccccc5)c34)nc(-c3ccccc3-n3c4ccccc4c4ccc5c6ccccc6oc5c43)n2)cc1. The Morgan fingerprint density at radius 1 is 0.421 bits per heavy atom. The Labute approximate surface area is 330 Å². The smallest absolute Gasteiger partial charge is 0.166 e. The van der Waals surface area contributed by atoms with Crippen LogP contribution in [0.15, 0.2) is 186 Å². The van der Waals surface area contributed by atoms with Gasteiger partial charge in [0.25, 0.3) is 0 Å². The predicted octanol–water partition coefficient (Wildman–Crippen LogP) is 13.9. The van der Waals surface area contributed by atoms with E-state index in [4.69, 9.17) is 19.4 Å². The van der Waals surface area contributed by atoms with E-state index in [1.165, 1.54) is 31.3 Å². The summed E-state index contributed by atoms with van der Waals surface area (Å²) in [5.41, 5.74) is 9.98. The van der Waals surface area contributed by atoms with Crippen molar-refractivity contribution in [1.29, 1.82) is 0 Å². The first kappa shape index (κ1) is 31.9. The highest BCUT2D eigenvalue weighted by molar-refractivity contribution is 7.26. The van der Waals surface area contributed by atoms with Crippen molar-refractivity contribution < 1.29 is 4.42 Å². The number of para-hydroxylation sites is 3. The van der Waals surface area contributed by atoms with E-state index in [-0.39, 0.29) is 0 Å². The summed E-state index contributed by atoms with van der Waals surface area (Å²) in [6.07, 6.45) is 0. The zero-order valence-corrected chi connectivity index (χ0v) is 31.2. The molecule has 0 atom stereocenters. The second-order valence-electron chi connectivity index (χ2n) is 14.3. The molecule has 0 fully saturated rings. The van der Waals surface area contributed by atoms with Crippen LogP contribution in [0.5, 0.6) is 0 Å². The number of benzene rings is 8. The van der Waals surface area contributed by atoms with Gasteiger partial charge < -0.3 is 8.98 Å². The molecule has 0 amide bonds. The molecule has 6 heteroatoms. The Hall–Kier alpha value is -7.41. The van der Waals surface area contributed by atoms with Gasteiger partial charge in [0.15, 0.2) is 23.1 Å². The molecular formula is C51H30N4OS. The Morgan fingerprint density at radius 2 is 1.07 bits per heavy atom. The third-order valence-corrected chi connectivity index (χ3v) is 12.2. The summed E-state index contributed by atoms with van der Waals surface area (Å²) in [7, 11) is 0. The number of rotatable bonds is 5. The first-order valence-electron chi connectivity index (χ1n) is 19.0. The second kappa shape index (κ2) is 12.6. The van der Waals surface area contributed by atoms with Crippen molar-refractivity contribution in [1.82, 2.24) is 19.5 Å². The van der Waals surface area contributed by atoms with Crippen molar-refractivity contribution in [2.24, 2.45) is 0 Å². The minimum Gasteiger partial charge on any atom is -0.454 e. The Morgan fingerprint density at radius 3 is 1.93 bits per heavy atom. The number of thiophene rings is 1. The van der Waals surface area contributed by atoms with Crippen molar-refractivity contribution in [3.63, 3.8) is 0 Å². The summed E-state index contributed by atoms with van der Waals surface area (Å²) in [4.78, 5) is 15.7. The van der Waals surface area contributed by atoms with Crippen LogP contribution >= 0.6 is 11.3 Å². The molecule has 0 aliphatic rings. The fraction of sp³-hybridized carbons (Fsp3) is 0.